The zero-order chi connectivity index (χ0) is 16.3. The second-order valence-corrected chi connectivity index (χ2v) is 8.20. The summed E-state index contributed by atoms with van der Waals surface area (Å²) in [5, 5.41) is 10.8. The standard InChI is InChI=1S/C14H17FN2O3S2/c1-9(7-13(18)11-3-5-12(15)6-4-11)17-22(19,20)14-8-16-10(2)21-14/h3-6,8-9,13,17-18H,7H2,1-2H3/t9-,13-/m0/s1. The molecule has 1 aromatic carbocycles. The second kappa shape index (κ2) is 6.82. The molecule has 0 aliphatic carbocycles. The van der Waals surface area contributed by atoms with E-state index in [4.69, 9.17) is 0 Å². The van der Waals surface area contributed by atoms with E-state index in [1.807, 2.05) is 0 Å². The predicted octanol–water partition coefficient (Wildman–Crippen LogP) is 2.38. The van der Waals surface area contributed by atoms with Gasteiger partial charge in [-0.1, -0.05) is 12.1 Å². The average molecular weight is 344 g/mol. The van der Waals surface area contributed by atoms with E-state index in [2.05, 4.69) is 9.71 Å². The van der Waals surface area contributed by atoms with Gasteiger partial charge >= 0.3 is 0 Å². The van der Waals surface area contributed by atoms with E-state index in [-0.39, 0.29) is 16.4 Å². The first-order valence-corrected chi connectivity index (χ1v) is 8.96. The van der Waals surface area contributed by atoms with Crippen LogP contribution in [0.5, 0.6) is 0 Å². The molecule has 22 heavy (non-hydrogen) atoms. The minimum Gasteiger partial charge on any atom is -0.388 e. The molecular formula is C14H17FN2O3S2. The van der Waals surface area contributed by atoms with Gasteiger partial charge in [-0.05, 0) is 38.0 Å². The molecule has 2 atom stereocenters. The SMILES string of the molecule is Cc1ncc(S(=O)(=O)N[C@@H](C)C[C@H](O)c2ccc(F)cc2)s1. The van der Waals surface area contributed by atoms with E-state index in [1.165, 1.54) is 30.5 Å². The molecule has 0 spiro atoms. The zero-order valence-electron chi connectivity index (χ0n) is 12.2. The molecule has 2 aromatic rings. The highest BCUT2D eigenvalue weighted by molar-refractivity contribution is 7.91. The number of hydrogen-bond donors (Lipinski definition) is 2. The molecule has 2 rings (SSSR count). The lowest BCUT2D eigenvalue weighted by Crippen LogP contribution is -2.33. The number of nitrogens with zero attached hydrogens (tertiary/aromatic N) is 1. The van der Waals surface area contributed by atoms with Crippen molar-refractivity contribution in [2.75, 3.05) is 0 Å². The Balaban J connectivity index is 2.00. The van der Waals surface area contributed by atoms with Gasteiger partial charge in [0.25, 0.3) is 10.0 Å². The van der Waals surface area contributed by atoms with Crippen LogP contribution in [0.1, 0.15) is 30.0 Å². The molecule has 0 amide bonds. The molecule has 0 unspecified atom stereocenters. The fourth-order valence-electron chi connectivity index (χ4n) is 1.99. The van der Waals surface area contributed by atoms with Gasteiger partial charge in [0.15, 0.2) is 4.21 Å². The van der Waals surface area contributed by atoms with Crippen LogP contribution in [0.2, 0.25) is 0 Å². The number of nitrogens with one attached hydrogen (secondary N) is 1. The van der Waals surface area contributed by atoms with Crippen LogP contribution in [-0.2, 0) is 10.0 Å². The van der Waals surface area contributed by atoms with Gasteiger partial charge in [-0.25, -0.2) is 22.5 Å². The number of aryl methyl sites for hydroxylation is 1. The molecule has 8 heteroatoms. The van der Waals surface area contributed by atoms with Crippen molar-refractivity contribution >= 4 is 21.4 Å². The number of aliphatic hydroxyl groups excluding tert-OH is 1. The Morgan fingerprint density at radius 3 is 2.55 bits per heavy atom. The number of rotatable bonds is 6. The molecule has 0 saturated heterocycles. The first-order chi connectivity index (χ1) is 10.3. The highest BCUT2D eigenvalue weighted by Gasteiger charge is 2.22. The van der Waals surface area contributed by atoms with E-state index in [9.17, 15) is 17.9 Å². The molecule has 0 aliphatic rings. The van der Waals surface area contributed by atoms with Crippen molar-refractivity contribution in [3.63, 3.8) is 0 Å². The molecule has 0 saturated carbocycles. The van der Waals surface area contributed by atoms with E-state index in [0.717, 1.165) is 11.3 Å². The van der Waals surface area contributed by atoms with Gasteiger partial charge < -0.3 is 5.11 Å². The molecule has 2 N–H and O–H groups in total. The number of hydrogen-bond acceptors (Lipinski definition) is 5. The normalized spacial score (nSPS) is 14.7. The monoisotopic (exact) mass is 344 g/mol. The molecule has 1 aromatic heterocycles. The van der Waals surface area contributed by atoms with Crippen LogP contribution in [0.15, 0.2) is 34.7 Å². The van der Waals surface area contributed by atoms with Crippen molar-refractivity contribution in [2.24, 2.45) is 0 Å². The third kappa shape index (κ3) is 4.33. The molecule has 0 radical (unpaired) electrons. The van der Waals surface area contributed by atoms with Gasteiger partial charge in [0, 0.05) is 6.04 Å². The van der Waals surface area contributed by atoms with Gasteiger partial charge in [-0.15, -0.1) is 11.3 Å². The molecule has 0 fully saturated rings. The Bertz CT molecular complexity index is 729. The number of aliphatic hydroxyl groups is 1. The van der Waals surface area contributed by atoms with Crippen molar-refractivity contribution in [1.82, 2.24) is 9.71 Å². The summed E-state index contributed by atoms with van der Waals surface area (Å²) in [6.45, 7) is 3.39. The minimum atomic E-state index is -3.64. The van der Waals surface area contributed by atoms with E-state index in [1.54, 1.807) is 13.8 Å². The Morgan fingerprint density at radius 2 is 2.00 bits per heavy atom. The maximum absolute atomic E-state index is 12.8. The first-order valence-electron chi connectivity index (χ1n) is 6.66. The highest BCUT2D eigenvalue weighted by atomic mass is 32.2. The van der Waals surface area contributed by atoms with Crippen LogP contribution in [0.4, 0.5) is 4.39 Å². The maximum Gasteiger partial charge on any atom is 0.251 e. The summed E-state index contributed by atoms with van der Waals surface area (Å²) < 4.78 is 39.8. The second-order valence-electron chi connectivity index (χ2n) is 5.02. The largest absolute Gasteiger partial charge is 0.388 e. The molecule has 0 aliphatic heterocycles. The molecule has 5 nitrogen and oxygen atoms in total. The van der Waals surface area contributed by atoms with Crippen LogP contribution < -0.4 is 4.72 Å². The molecule has 120 valence electrons. The fourth-order valence-corrected chi connectivity index (χ4v) is 4.37. The smallest absolute Gasteiger partial charge is 0.251 e. The van der Waals surface area contributed by atoms with Gasteiger partial charge in [-0.3, -0.25) is 0 Å². The lowest BCUT2D eigenvalue weighted by Gasteiger charge is -2.17. The van der Waals surface area contributed by atoms with Gasteiger partial charge in [0.2, 0.25) is 0 Å². The van der Waals surface area contributed by atoms with Crippen LogP contribution in [0.3, 0.4) is 0 Å². The Labute approximate surface area is 132 Å². The number of halogens is 1. The summed E-state index contributed by atoms with van der Waals surface area (Å²) in [4.78, 5) is 3.92. The highest BCUT2D eigenvalue weighted by Crippen LogP contribution is 2.21. The van der Waals surface area contributed by atoms with E-state index >= 15 is 0 Å². The Hall–Kier alpha value is -1.35. The Kier molecular flexibility index (Phi) is 5.28. The first kappa shape index (κ1) is 17.0. The number of sulfonamides is 1. The van der Waals surface area contributed by atoms with Crippen LogP contribution in [0.25, 0.3) is 0 Å². The third-order valence-electron chi connectivity index (χ3n) is 3.05. The summed E-state index contributed by atoms with van der Waals surface area (Å²) in [6.07, 6.45) is 0.621. The summed E-state index contributed by atoms with van der Waals surface area (Å²) in [7, 11) is -3.64. The van der Waals surface area contributed by atoms with Crippen molar-refractivity contribution in [1.29, 1.82) is 0 Å². The summed E-state index contributed by atoms with van der Waals surface area (Å²) >= 11 is 1.09. The van der Waals surface area contributed by atoms with Gasteiger partial charge in [-0.2, -0.15) is 0 Å². The van der Waals surface area contributed by atoms with Crippen molar-refractivity contribution in [3.05, 3.63) is 46.9 Å². The lowest BCUT2D eigenvalue weighted by molar-refractivity contribution is 0.158. The average Bonchev–Trinajstić information content (AvgIpc) is 2.86. The van der Waals surface area contributed by atoms with Crippen molar-refractivity contribution in [2.45, 2.75) is 36.6 Å². The van der Waals surface area contributed by atoms with E-state index < -0.39 is 22.2 Å². The van der Waals surface area contributed by atoms with Gasteiger partial charge in [0.1, 0.15) is 5.82 Å². The third-order valence-corrected chi connectivity index (χ3v) is 6.02. The fraction of sp³-hybridized carbons (Fsp3) is 0.357. The summed E-state index contributed by atoms with van der Waals surface area (Å²) in [5.74, 6) is -0.384. The quantitative estimate of drug-likeness (QED) is 0.843. The van der Waals surface area contributed by atoms with Crippen LogP contribution in [0, 0.1) is 12.7 Å². The topological polar surface area (TPSA) is 79.3 Å². The maximum atomic E-state index is 12.8. The van der Waals surface area contributed by atoms with Crippen molar-refractivity contribution < 1.29 is 17.9 Å². The zero-order valence-corrected chi connectivity index (χ0v) is 13.8. The van der Waals surface area contributed by atoms with Crippen molar-refractivity contribution in [3.8, 4) is 0 Å². The minimum absolute atomic E-state index is 0.146. The van der Waals surface area contributed by atoms with Crippen LogP contribution in [-0.4, -0.2) is 24.6 Å². The van der Waals surface area contributed by atoms with Crippen LogP contribution >= 0.6 is 11.3 Å². The summed E-state index contributed by atoms with van der Waals surface area (Å²) in [5.41, 5.74) is 0.543. The summed E-state index contributed by atoms with van der Waals surface area (Å²) in [6, 6.07) is 5.00. The predicted molar refractivity (Wildman–Crippen MR) is 82.6 cm³/mol. The molecule has 1 heterocycles. The molecular weight excluding hydrogens is 327 g/mol. The Morgan fingerprint density at radius 1 is 1.36 bits per heavy atom. The molecule has 0 bridgehead atoms. The van der Waals surface area contributed by atoms with Gasteiger partial charge in [0.05, 0.1) is 17.3 Å². The van der Waals surface area contributed by atoms with E-state index in [0.29, 0.717) is 10.6 Å². The number of thiazole rings is 1. The number of aromatic nitrogens is 1. The number of benzene rings is 1. The lowest BCUT2D eigenvalue weighted by atomic mass is 10.0.